The number of fused-ring (bicyclic) bond motifs is 1. The van der Waals surface area contributed by atoms with Crippen molar-refractivity contribution in [3.05, 3.63) is 39.5 Å². The summed E-state index contributed by atoms with van der Waals surface area (Å²) in [6, 6.07) is 2.50. The monoisotopic (exact) mass is 456 g/mol. The summed E-state index contributed by atoms with van der Waals surface area (Å²) in [6.45, 7) is 1.09. The van der Waals surface area contributed by atoms with Crippen molar-refractivity contribution in [2.45, 2.75) is 38.0 Å². The molecule has 2 amide bonds. The summed E-state index contributed by atoms with van der Waals surface area (Å²) in [5.41, 5.74) is -3.49. The summed E-state index contributed by atoms with van der Waals surface area (Å²) >= 11 is 6.12. The Hall–Kier alpha value is -3.15. The van der Waals surface area contributed by atoms with E-state index in [4.69, 9.17) is 11.6 Å². The molecule has 1 saturated carbocycles. The van der Waals surface area contributed by atoms with E-state index in [0.717, 1.165) is 32.2 Å². The van der Waals surface area contributed by atoms with Crippen molar-refractivity contribution in [1.82, 2.24) is 19.9 Å². The Kier molecular flexibility index (Phi) is 4.91. The van der Waals surface area contributed by atoms with Crippen molar-refractivity contribution in [2.24, 2.45) is 5.92 Å². The van der Waals surface area contributed by atoms with Gasteiger partial charge in [-0.3, -0.25) is 19.0 Å². The van der Waals surface area contributed by atoms with Crippen molar-refractivity contribution >= 4 is 40.7 Å². The van der Waals surface area contributed by atoms with Crippen LogP contribution in [0.25, 0.3) is 0 Å². The number of hydrogen-bond acceptors (Lipinski definition) is 6. The Balaban J connectivity index is 1.68. The number of hydrogen-bond donors (Lipinski definition) is 3. The maximum Gasteiger partial charge on any atom is 0.393 e. The number of anilines is 3. The first-order valence-electron chi connectivity index (χ1n) is 9.22. The van der Waals surface area contributed by atoms with E-state index in [1.165, 1.54) is 6.07 Å². The van der Waals surface area contributed by atoms with E-state index in [1.807, 2.05) is 0 Å². The van der Waals surface area contributed by atoms with E-state index in [1.54, 1.807) is 0 Å². The lowest BCUT2D eigenvalue weighted by Crippen LogP contribution is -2.47. The van der Waals surface area contributed by atoms with Crippen LogP contribution in [-0.4, -0.2) is 32.5 Å². The first-order valence-corrected chi connectivity index (χ1v) is 9.60. The average Bonchev–Trinajstić information content (AvgIpc) is 3.44. The molecule has 1 unspecified atom stereocenters. The van der Waals surface area contributed by atoms with Crippen LogP contribution in [0, 0.1) is 5.92 Å². The zero-order chi connectivity index (χ0) is 22.6. The highest BCUT2D eigenvalue weighted by molar-refractivity contribution is 6.34. The fraction of sp³-hybridized carbons (Fsp3) is 0.389. The molecule has 4 rings (SSSR count). The number of nitrogens with zero attached hydrogens (tertiary/aromatic N) is 3. The van der Waals surface area contributed by atoms with Crippen LogP contribution in [0.3, 0.4) is 0 Å². The zero-order valence-electron chi connectivity index (χ0n) is 16.0. The summed E-state index contributed by atoms with van der Waals surface area (Å²) in [6.07, 6.45) is -3.37. The van der Waals surface area contributed by atoms with Gasteiger partial charge in [-0.15, -0.1) is 0 Å². The van der Waals surface area contributed by atoms with Crippen molar-refractivity contribution in [3.63, 3.8) is 0 Å². The maximum absolute atomic E-state index is 13.1. The van der Waals surface area contributed by atoms with Gasteiger partial charge < -0.3 is 16.0 Å². The molecule has 31 heavy (non-hydrogen) atoms. The van der Waals surface area contributed by atoms with Crippen LogP contribution in [0.4, 0.5) is 30.5 Å². The van der Waals surface area contributed by atoms with Crippen LogP contribution < -0.4 is 21.5 Å². The lowest BCUT2D eigenvalue weighted by Gasteiger charge is -2.28. The van der Waals surface area contributed by atoms with Gasteiger partial charge in [0, 0.05) is 12.0 Å². The highest BCUT2D eigenvalue weighted by Gasteiger charge is 2.48. The van der Waals surface area contributed by atoms with Gasteiger partial charge in [-0.25, -0.2) is 9.97 Å². The lowest BCUT2D eigenvalue weighted by molar-refractivity contribution is -0.155. The van der Waals surface area contributed by atoms with Crippen molar-refractivity contribution in [2.75, 3.05) is 10.6 Å². The van der Waals surface area contributed by atoms with Crippen LogP contribution in [-0.2, 0) is 10.5 Å². The van der Waals surface area contributed by atoms with Crippen LogP contribution in [0.1, 0.15) is 36.7 Å². The van der Waals surface area contributed by atoms with Gasteiger partial charge in [0.1, 0.15) is 35.0 Å². The van der Waals surface area contributed by atoms with Gasteiger partial charge in [-0.2, -0.15) is 13.2 Å². The first-order chi connectivity index (χ1) is 14.5. The van der Waals surface area contributed by atoms with Crippen LogP contribution in [0.2, 0.25) is 5.02 Å². The maximum atomic E-state index is 13.1. The second kappa shape index (κ2) is 7.22. The zero-order valence-corrected chi connectivity index (χ0v) is 16.8. The molecule has 2 aliphatic rings. The molecule has 2 aromatic rings. The van der Waals surface area contributed by atoms with Gasteiger partial charge in [0.15, 0.2) is 0 Å². The topological polar surface area (TPSA) is 118 Å². The molecule has 0 saturated heterocycles. The number of pyridine rings is 1. The molecule has 1 aliphatic carbocycles. The highest BCUT2D eigenvalue weighted by Crippen LogP contribution is 2.36. The van der Waals surface area contributed by atoms with Crippen molar-refractivity contribution < 1.29 is 22.8 Å². The number of carbonyl (C=O) groups excluding carboxylic acids is 2. The van der Waals surface area contributed by atoms with Gasteiger partial charge in [0.25, 0.3) is 11.5 Å². The van der Waals surface area contributed by atoms with E-state index in [2.05, 4.69) is 25.9 Å². The van der Waals surface area contributed by atoms with Crippen LogP contribution in [0.15, 0.2) is 23.3 Å². The third kappa shape index (κ3) is 4.20. The van der Waals surface area contributed by atoms with Crippen LogP contribution in [0.5, 0.6) is 0 Å². The summed E-state index contributed by atoms with van der Waals surface area (Å²) < 4.78 is 40.0. The number of carbonyl (C=O) groups is 2. The predicted octanol–water partition coefficient (Wildman–Crippen LogP) is 2.75. The SMILES string of the molecule is CC1(CC(F)(F)F)NC(=O)c2c(Cl)cc(Nc3cc(NC(=O)C4CC4)ncn3)c(=O)n21. The summed E-state index contributed by atoms with van der Waals surface area (Å²) in [7, 11) is 0. The average molecular weight is 457 g/mol. The number of alkyl halides is 3. The molecule has 2 aromatic heterocycles. The van der Waals surface area contributed by atoms with E-state index in [9.17, 15) is 27.6 Å². The van der Waals surface area contributed by atoms with Gasteiger partial charge in [-0.1, -0.05) is 11.6 Å². The molecule has 9 nitrogen and oxygen atoms in total. The molecular formula is C18H16ClF3N6O3. The highest BCUT2D eigenvalue weighted by atomic mass is 35.5. The second-order valence-electron chi connectivity index (χ2n) is 7.59. The summed E-state index contributed by atoms with van der Waals surface area (Å²) in [5, 5.41) is 7.28. The smallest absolute Gasteiger partial charge is 0.336 e. The molecule has 13 heteroatoms. The Morgan fingerprint density at radius 3 is 2.61 bits per heavy atom. The largest absolute Gasteiger partial charge is 0.393 e. The van der Waals surface area contributed by atoms with E-state index in [-0.39, 0.29) is 39.9 Å². The molecule has 0 radical (unpaired) electrons. The Morgan fingerprint density at radius 1 is 1.29 bits per heavy atom. The third-order valence-corrected chi connectivity index (χ3v) is 5.21. The standard InChI is InChI=1S/C18H16ClF3N6O3/c1-17(6-18(20,21)22)27-15(30)13-9(19)4-10(16(31)28(13)17)25-11-5-12(24-7-23-11)26-14(29)8-2-3-8/h4-5,7-8H,2-3,6H2,1H3,(H,27,30)(H2,23,24,25,26,29). The molecule has 3 N–H and O–H groups in total. The normalized spacial score (nSPS) is 20.2. The number of aromatic nitrogens is 3. The lowest BCUT2D eigenvalue weighted by atomic mass is 10.1. The molecule has 164 valence electrons. The minimum Gasteiger partial charge on any atom is -0.336 e. The molecule has 1 atom stereocenters. The predicted molar refractivity (Wildman–Crippen MR) is 104 cm³/mol. The van der Waals surface area contributed by atoms with E-state index < -0.39 is 29.7 Å². The number of rotatable bonds is 5. The summed E-state index contributed by atoms with van der Waals surface area (Å²) in [5.74, 6) is -0.821. The quantitative estimate of drug-likeness (QED) is 0.636. The summed E-state index contributed by atoms with van der Waals surface area (Å²) in [4.78, 5) is 45.0. The second-order valence-corrected chi connectivity index (χ2v) is 8.00. The number of halogens is 4. The first kappa shape index (κ1) is 21.1. The minimum atomic E-state index is -4.65. The minimum absolute atomic E-state index is 0.0529. The molecule has 0 bridgehead atoms. The number of amides is 2. The Bertz CT molecular complexity index is 1150. The van der Waals surface area contributed by atoms with Gasteiger partial charge in [0.2, 0.25) is 5.91 Å². The van der Waals surface area contributed by atoms with Crippen molar-refractivity contribution in [1.29, 1.82) is 0 Å². The Labute approximate surface area is 178 Å². The van der Waals surface area contributed by atoms with Crippen LogP contribution >= 0.6 is 11.6 Å². The third-order valence-electron chi connectivity index (χ3n) is 4.92. The Morgan fingerprint density at radius 2 is 1.97 bits per heavy atom. The van der Waals surface area contributed by atoms with E-state index in [0.29, 0.717) is 4.57 Å². The molecular weight excluding hydrogens is 441 g/mol. The number of nitrogens with one attached hydrogen (secondary N) is 3. The van der Waals surface area contributed by atoms with Gasteiger partial charge >= 0.3 is 6.18 Å². The fourth-order valence-corrected chi connectivity index (χ4v) is 3.71. The fourth-order valence-electron chi connectivity index (χ4n) is 3.44. The molecule has 0 spiro atoms. The van der Waals surface area contributed by atoms with Gasteiger partial charge in [0.05, 0.1) is 11.4 Å². The molecule has 0 aromatic carbocycles. The van der Waals surface area contributed by atoms with Crippen molar-refractivity contribution in [3.8, 4) is 0 Å². The molecule has 3 heterocycles. The van der Waals surface area contributed by atoms with E-state index >= 15 is 0 Å². The molecule has 1 fully saturated rings. The molecule has 1 aliphatic heterocycles. The van der Waals surface area contributed by atoms with Gasteiger partial charge in [-0.05, 0) is 25.8 Å².